The molecule has 116 valence electrons. The van der Waals surface area contributed by atoms with E-state index in [9.17, 15) is 0 Å². The van der Waals surface area contributed by atoms with Crippen LogP contribution in [0.15, 0.2) is 18.2 Å². The van der Waals surface area contributed by atoms with Gasteiger partial charge in [0.25, 0.3) is 0 Å². The minimum Gasteiger partial charge on any atom is -0.497 e. The normalized spacial score (nSPS) is 10.3. The maximum Gasteiger partial charge on any atom is 0.119 e. The van der Waals surface area contributed by atoms with Crippen LogP contribution in [0.4, 0.5) is 0 Å². The molecule has 0 aliphatic heterocycles. The minimum atomic E-state index is -0.111. The third kappa shape index (κ3) is 6.43. The van der Waals surface area contributed by atoms with Gasteiger partial charge in [-0.2, -0.15) is 11.8 Å². The van der Waals surface area contributed by atoms with Gasteiger partial charge in [0, 0.05) is 23.6 Å². The van der Waals surface area contributed by atoms with Crippen molar-refractivity contribution in [1.82, 2.24) is 4.90 Å². The molecular weight excluding hydrogens is 282 g/mol. The molecule has 1 N–H and O–H groups in total. The van der Waals surface area contributed by atoms with Gasteiger partial charge in [0.1, 0.15) is 12.4 Å². The molecule has 0 amide bonds. The van der Waals surface area contributed by atoms with Gasteiger partial charge in [0.05, 0.1) is 7.11 Å². The van der Waals surface area contributed by atoms with Crippen LogP contribution in [0, 0.1) is 11.8 Å². The fourth-order valence-electron chi connectivity index (χ4n) is 1.99. The molecule has 1 aromatic rings. The summed E-state index contributed by atoms with van der Waals surface area (Å²) in [4.78, 5) is 2.42. The van der Waals surface area contributed by atoms with Crippen LogP contribution in [0.5, 0.6) is 5.75 Å². The highest BCUT2D eigenvalue weighted by Crippen LogP contribution is 2.22. The van der Waals surface area contributed by atoms with Gasteiger partial charge < -0.3 is 14.7 Å². The topological polar surface area (TPSA) is 32.7 Å². The van der Waals surface area contributed by atoms with E-state index in [4.69, 9.17) is 9.84 Å². The molecule has 0 aromatic heterocycles. The van der Waals surface area contributed by atoms with Gasteiger partial charge in [-0.1, -0.05) is 25.7 Å². The quantitative estimate of drug-likeness (QED) is 0.591. The van der Waals surface area contributed by atoms with Crippen molar-refractivity contribution < 1.29 is 9.84 Å². The lowest BCUT2D eigenvalue weighted by atomic mass is 10.1. The third-order valence-electron chi connectivity index (χ3n) is 3.32. The first-order chi connectivity index (χ1) is 10.2. The molecule has 0 bridgehead atoms. The summed E-state index contributed by atoms with van der Waals surface area (Å²) in [6, 6.07) is 5.90. The predicted octanol–water partition coefficient (Wildman–Crippen LogP) is 2.61. The van der Waals surface area contributed by atoms with Crippen LogP contribution < -0.4 is 4.74 Å². The van der Waals surface area contributed by atoms with E-state index in [0.29, 0.717) is 0 Å². The second-order valence-corrected chi connectivity index (χ2v) is 5.67. The molecule has 21 heavy (non-hydrogen) atoms. The molecule has 1 rings (SSSR count). The average molecular weight is 307 g/mol. The SMILES string of the molecule is CCN(CC)CCSCc1cc(OC)ccc1C#CCO. The maximum absolute atomic E-state index is 8.84. The Morgan fingerprint density at radius 1 is 1.29 bits per heavy atom. The van der Waals surface area contributed by atoms with E-state index in [2.05, 4.69) is 30.6 Å². The molecule has 0 fully saturated rings. The molecule has 0 spiro atoms. The van der Waals surface area contributed by atoms with Crippen molar-refractivity contribution in [3.05, 3.63) is 29.3 Å². The molecule has 0 heterocycles. The molecule has 0 atom stereocenters. The lowest BCUT2D eigenvalue weighted by Crippen LogP contribution is -2.25. The second kappa shape index (κ2) is 10.6. The molecular formula is C17H25NO2S. The van der Waals surface area contributed by atoms with Gasteiger partial charge in [0.15, 0.2) is 0 Å². The first-order valence-electron chi connectivity index (χ1n) is 7.31. The number of nitrogens with zero attached hydrogens (tertiary/aromatic N) is 1. The van der Waals surface area contributed by atoms with Crippen molar-refractivity contribution in [2.45, 2.75) is 19.6 Å². The van der Waals surface area contributed by atoms with Crippen molar-refractivity contribution in [1.29, 1.82) is 0 Å². The molecule has 3 nitrogen and oxygen atoms in total. The van der Waals surface area contributed by atoms with Crippen LogP contribution in [-0.4, -0.2) is 49.1 Å². The third-order valence-corrected chi connectivity index (χ3v) is 4.30. The van der Waals surface area contributed by atoms with Crippen molar-refractivity contribution in [3.8, 4) is 17.6 Å². The Kier molecular flexibility index (Phi) is 9.00. The van der Waals surface area contributed by atoms with E-state index in [1.54, 1.807) is 7.11 Å². The molecule has 0 unspecified atom stereocenters. The van der Waals surface area contributed by atoms with E-state index in [1.165, 1.54) is 5.56 Å². The van der Waals surface area contributed by atoms with Crippen LogP contribution in [0.3, 0.4) is 0 Å². The van der Waals surface area contributed by atoms with Crippen molar-refractivity contribution in [3.63, 3.8) is 0 Å². The summed E-state index contributed by atoms with van der Waals surface area (Å²) in [5, 5.41) is 8.84. The summed E-state index contributed by atoms with van der Waals surface area (Å²) < 4.78 is 5.28. The molecule has 4 heteroatoms. The number of rotatable bonds is 8. The average Bonchev–Trinajstić information content (AvgIpc) is 2.53. The number of hydrogen-bond donors (Lipinski definition) is 1. The first kappa shape index (κ1) is 17.9. The Morgan fingerprint density at radius 2 is 2.05 bits per heavy atom. The Hall–Kier alpha value is -1.15. The van der Waals surface area contributed by atoms with Crippen LogP contribution in [0.1, 0.15) is 25.0 Å². The van der Waals surface area contributed by atoms with Gasteiger partial charge >= 0.3 is 0 Å². The maximum atomic E-state index is 8.84. The Morgan fingerprint density at radius 3 is 2.67 bits per heavy atom. The standard InChI is InChI=1S/C17H25NO2S/c1-4-18(5-2)10-12-21-14-16-13-17(20-3)9-8-15(16)7-6-11-19/h8-9,13,19H,4-5,10-12,14H2,1-3H3. The fourth-order valence-corrected chi connectivity index (χ4v) is 2.98. The van der Waals surface area contributed by atoms with Crippen LogP contribution >= 0.6 is 11.8 Å². The zero-order valence-electron chi connectivity index (χ0n) is 13.2. The van der Waals surface area contributed by atoms with E-state index >= 15 is 0 Å². The van der Waals surface area contributed by atoms with Crippen molar-refractivity contribution in [2.75, 3.05) is 39.1 Å². The fraction of sp³-hybridized carbons (Fsp3) is 0.529. The number of methoxy groups -OCH3 is 1. The highest BCUT2D eigenvalue weighted by Gasteiger charge is 2.04. The summed E-state index contributed by atoms with van der Waals surface area (Å²) in [5.74, 6) is 8.59. The molecule has 0 aliphatic carbocycles. The summed E-state index contributed by atoms with van der Waals surface area (Å²) >= 11 is 1.90. The Balaban J connectivity index is 2.63. The van der Waals surface area contributed by atoms with Crippen molar-refractivity contribution in [2.24, 2.45) is 0 Å². The summed E-state index contributed by atoms with van der Waals surface area (Å²) in [6.07, 6.45) is 0. The number of ether oxygens (including phenoxy) is 1. The number of aliphatic hydroxyl groups is 1. The van der Waals surface area contributed by atoms with Crippen LogP contribution in [0.25, 0.3) is 0 Å². The number of aliphatic hydroxyl groups excluding tert-OH is 1. The zero-order chi connectivity index (χ0) is 15.5. The largest absolute Gasteiger partial charge is 0.497 e. The van der Waals surface area contributed by atoms with E-state index in [1.807, 2.05) is 30.0 Å². The smallest absolute Gasteiger partial charge is 0.119 e. The van der Waals surface area contributed by atoms with Gasteiger partial charge in [-0.15, -0.1) is 0 Å². The molecule has 0 saturated carbocycles. The molecule has 0 aliphatic rings. The Bertz CT molecular complexity index is 475. The predicted molar refractivity (Wildman–Crippen MR) is 90.9 cm³/mol. The first-order valence-corrected chi connectivity index (χ1v) is 8.47. The summed E-state index contributed by atoms with van der Waals surface area (Å²) in [5.41, 5.74) is 2.14. The van der Waals surface area contributed by atoms with E-state index < -0.39 is 0 Å². The van der Waals surface area contributed by atoms with Gasteiger partial charge in [-0.3, -0.25) is 0 Å². The number of thioether (sulfide) groups is 1. The summed E-state index contributed by atoms with van der Waals surface area (Å²) in [7, 11) is 1.67. The highest BCUT2D eigenvalue weighted by molar-refractivity contribution is 7.98. The van der Waals surface area contributed by atoms with Crippen molar-refractivity contribution >= 4 is 11.8 Å². The van der Waals surface area contributed by atoms with Crippen LogP contribution in [-0.2, 0) is 5.75 Å². The molecule has 0 radical (unpaired) electrons. The van der Waals surface area contributed by atoms with Gasteiger partial charge in [0.2, 0.25) is 0 Å². The number of benzene rings is 1. The highest BCUT2D eigenvalue weighted by atomic mass is 32.2. The monoisotopic (exact) mass is 307 g/mol. The van der Waals surface area contributed by atoms with Gasteiger partial charge in [-0.05, 0) is 36.9 Å². The minimum absolute atomic E-state index is 0.111. The lowest BCUT2D eigenvalue weighted by Gasteiger charge is -2.17. The van der Waals surface area contributed by atoms with E-state index in [-0.39, 0.29) is 6.61 Å². The Labute approximate surface area is 132 Å². The zero-order valence-corrected chi connectivity index (χ0v) is 14.0. The summed E-state index contributed by atoms with van der Waals surface area (Å²) in [6.45, 7) is 7.59. The van der Waals surface area contributed by atoms with Crippen LogP contribution in [0.2, 0.25) is 0 Å². The molecule has 0 saturated heterocycles. The lowest BCUT2D eigenvalue weighted by molar-refractivity contribution is 0.324. The number of hydrogen-bond acceptors (Lipinski definition) is 4. The molecule has 1 aromatic carbocycles. The van der Waals surface area contributed by atoms with E-state index in [0.717, 1.165) is 42.5 Å². The van der Waals surface area contributed by atoms with Gasteiger partial charge in [-0.25, -0.2) is 0 Å². The second-order valence-electron chi connectivity index (χ2n) is 4.56.